The van der Waals surface area contributed by atoms with E-state index in [0.29, 0.717) is 49.4 Å². The molecule has 7 nitrogen and oxygen atoms in total. The highest BCUT2D eigenvalue weighted by Gasteiger charge is 2.27. The van der Waals surface area contributed by atoms with Gasteiger partial charge in [-0.25, -0.2) is 9.78 Å². The average Bonchev–Trinajstić information content (AvgIpc) is 2.65. The van der Waals surface area contributed by atoms with Crippen LogP contribution in [0.2, 0.25) is 0 Å². The number of nitrogens with one attached hydrogen (secondary N) is 1. The third kappa shape index (κ3) is 4.04. The molecule has 0 aliphatic rings. The second-order valence-corrected chi connectivity index (χ2v) is 5.98. The number of carbonyl (C=O) groups is 1. The van der Waals surface area contributed by atoms with Crippen molar-refractivity contribution < 1.29 is 9.53 Å². The lowest BCUT2D eigenvalue weighted by Crippen LogP contribution is -2.44. The van der Waals surface area contributed by atoms with E-state index in [4.69, 9.17) is 9.72 Å². The summed E-state index contributed by atoms with van der Waals surface area (Å²) in [6.45, 7) is 7.67. The highest BCUT2D eigenvalue weighted by atomic mass is 16.5. The summed E-state index contributed by atoms with van der Waals surface area (Å²) in [6, 6.07) is 6.86. The van der Waals surface area contributed by atoms with E-state index >= 15 is 0 Å². The van der Waals surface area contributed by atoms with Gasteiger partial charge >= 0.3 is 6.03 Å². The molecular weight excluding hydrogens is 332 g/mol. The molecule has 0 saturated heterocycles. The first-order valence-corrected chi connectivity index (χ1v) is 9.11. The van der Waals surface area contributed by atoms with Crippen LogP contribution >= 0.6 is 0 Å². The van der Waals surface area contributed by atoms with E-state index < -0.39 is 0 Å². The minimum Gasteiger partial charge on any atom is -0.383 e. The van der Waals surface area contributed by atoms with E-state index in [1.807, 2.05) is 39.0 Å². The number of nitrogens with zero attached hydrogens (tertiary/aromatic N) is 3. The Morgan fingerprint density at radius 2 is 2.04 bits per heavy atom. The molecule has 0 spiro atoms. The molecule has 1 atom stereocenters. The molecule has 2 amide bonds. The molecule has 1 aromatic carbocycles. The lowest BCUT2D eigenvalue weighted by Gasteiger charge is -2.31. The number of fused-ring (bicyclic) bond motifs is 1. The number of hydrogen-bond donors (Lipinski definition) is 1. The summed E-state index contributed by atoms with van der Waals surface area (Å²) in [7, 11) is 1.60. The van der Waals surface area contributed by atoms with Crippen LogP contribution in [-0.2, 0) is 11.3 Å². The van der Waals surface area contributed by atoms with Crippen LogP contribution in [0.25, 0.3) is 10.9 Å². The van der Waals surface area contributed by atoms with Gasteiger partial charge in [-0.2, -0.15) is 0 Å². The Kier molecular flexibility index (Phi) is 7.15. The first kappa shape index (κ1) is 19.9. The van der Waals surface area contributed by atoms with Crippen LogP contribution in [0.1, 0.15) is 39.1 Å². The maximum atomic E-state index is 13.0. The number of benzene rings is 1. The van der Waals surface area contributed by atoms with Crippen molar-refractivity contribution in [3.63, 3.8) is 0 Å². The number of carbonyl (C=O) groups excluding carboxylic acids is 1. The van der Waals surface area contributed by atoms with Gasteiger partial charge in [-0.1, -0.05) is 19.1 Å². The zero-order valence-electron chi connectivity index (χ0n) is 16.0. The van der Waals surface area contributed by atoms with Gasteiger partial charge in [0.05, 0.1) is 30.1 Å². The highest BCUT2D eigenvalue weighted by Crippen LogP contribution is 2.23. The summed E-state index contributed by atoms with van der Waals surface area (Å²) in [4.78, 5) is 32.0. The molecule has 1 heterocycles. The molecule has 7 heteroatoms. The Labute approximate surface area is 154 Å². The average molecular weight is 360 g/mol. The minimum atomic E-state index is -0.291. The van der Waals surface area contributed by atoms with Crippen LogP contribution in [0.15, 0.2) is 29.1 Å². The Morgan fingerprint density at radius 3 is 2.65 bits per heavy atom. The number of methoxy groups -OCH3 is 1. The third-order valence-electron chi connectivity index (χ3n) is 4.40. The number of amides is 2. The molecular formula is C19H28N4O3. The zero-order chi connectivity index (χ0) is 19.1. The molecule has 1 aromatic heterocycles. The smallest absolute Gasteiger partial charge is 0.318 e. The standard InChI is InChI=1S/C19H28N4O3/c1-5-16(22(7-3)19(25)20-6-2)17-21-15-11-9-8-10-14(15)18(24)23(17)12-13-26-4/h8-11,16H,5-7,12-13H2,1-4H3,(H,20,25). The third-order valence-corrected chi connectivity index (χ3v) is 4.40. The first-order valence-electron chi connectivity index (χ1n) is 9.11. The Hall–Kier alpha value is -2.41. The monoisotopic (exact) mass is 360 g/mol. The molecule has 0 aliphatic carbocycles. The van der Waals surface area contributed by atoms with Gasteiger partial charge in [0.2, 0.25) is 0 Å². The number of para-hydroxylation sites is 1. The SMILES string of the molecule is CCNC(=O)N(CC)C(CC)c1nc2ccccc2c(=O)n1CCOC. The molecule has 1 N–H and O–H groups in total. The lowest BCUT2D eigenvalue weighted by atomic mass is 10.1. The van der Waals surface area contributed by atoms with Crippen LogP contribution in [0.5, 0.6) is 0 Å². The van der Waals surface area contributed by atoms with Gasteiger partial charge in [-0.15, -0.1) is 0 Å². The summed E-state index contributed by atoms with van der Waals surface area (Å²) in [5.41, 5.74) is 0.541. The van der Waals surface area contributed by atoms with Crippen LogP contribution < -0.4 is 10.9 Å². The van der Waals surface area contributed by atoms with E-state index in [9.17, 15) is 9.59 Å². The van der Waals surface area contributed by atoms with Gasteiger partial charge in [0.15, 0.2) is 0 Å². The second-order valence-electron chi connectivity index (χ2n) is 5.98. The first-order chi connectivity index (χ1) is 12.6. The summed E-state index contributed by atoms with van der Waals surface area (Å²) in [5, 5.41) is 3.42. The Balaban J connectivity index is 2.63. The van der Waals surface area contributed by atoms with E-state index in [1.54, 1.807) is 22.6 Å². The van der Waals surface area contributed by atoms with Crippen LogP contribution in [0.3, 0.4) is 0 Å². The summed E-state index contributed by atoms with van der Waals surface area (Å²) >= 11 is 0. The molecule has 142 valence electrons. The predicted molar refractivity (Wildman–Crippen MR) is 102 cm³/mol. The van der Waals surface area contributed by atoms with Crippen molar-refractivity contribution in [2.24, 2.45) is 0 Å². The normalized spacial score (nSPS) is 12.2. The zero-order valence-corrected chi connectivity index (χ0v) is 16.0. The molecule has 1 unspecified atom stereocenters. The molecule has 0 fully saturated rings. The topological polar surface area (TPSA) is 76.5 Å². The molecule has 26 heavy (non-hydrogen) atoms. The Bertz CT molecular complexity index is 803. The lowest BCUT2D eigenvalue weighted by molar-refractivity contribution is 0.164. The van der Waals surface area contributed by atoms with Crippen molar-refractivity contribution in [3.05, 3.63) is 40.4 Å². The maximum absolute atomic E-state index is 13.0. The molecule has 0 bridgehead atoms. The van der Waals surface area contributed by atoms with Crippen molar-refractivity contribution in [1.82, 2.24) is 19.8 Å². The minimum absolute atomic E-state index is 0.104. The largest absolute Gasteiger partial charge is 0.383 e. The fraction of sp³-hybridized carbons (Fsp3) is 0.526. The van der Waals surface area contributed by atoms with Gasteiger partial charge in [0.25, 0.3) is 5.56 Å². The number of rotatable bonds is 8. The fourth-order valence-corrected chi connectivity index (χ4v) is 3.14. The van der Waals surface area contributed by atoms with Crippen molar-refractivity contribution in [3.8, 4) is 0 Å². The van der Waals surface area contributed by atoms with Crippen molar-refractivity contribution in [1.29, 1.82) is 0 Å². The quantitative estimate of drug-likeness (QED) is 0.785. The maximum Gasteiger partial charge on any atom is 0.318 e. The molecule has 0 saturated carbocycles. The van der Waals surface area contributed by atoms with Gasteiger partial charge in [0, 0.05) is 20.2 Å². The second kappa shape index (κ2) is 9.33. The number of ether oxygens (including phenoxy) is 1. The van der Waals surface area contributed by atoms with Crippen molar-refractivity contribution in [2.75, 3.05) is 26.8 Å². The van der Waals surface area contributed by atoms with Gasteiger partial charge in [-0.05, 0) is 32.4 Å². The van der Waals surface area contributed by atoms with Gasteiger partial charge in [-0.3, -0.25) is 9.36 Å². The number of urea groups is 1. The highest BCUT2D eigenvalue weighted by molar-refractivity contribution is 5.78. The van der Waals surface area contributed by atoms with E-state index in [-0.39, 0.29) is 17.6 Å². The van der Waals surface area contributed by atoms with Gasteiger partial charge in [0.1, 0.15) is 5.82 Å². The molecule has 2 rings (SSSR count). The molecule has 0 radical (unpaired) electrons. The predicted octanol–water partition coefficient (Wildman–Crippen LogP) is 2.55. The van der Waals surface area contributed by atoms with Crippen LogP contribution in [0.4, 0.5) is 4.79 Å². The summed E-state index contributed by atoms with van der Waals surface area (Å²) in [5.74, 6) is 0.598. The van der Waals surface area contributed by atoms with Crippen LogP contribution in [0, 0.1) is 0 Å². The molecule has 2 aromatic rings. The van der Waals surface area contributed by atoms with E-state index in [1.165, 1.54) is 0 Å². The van der Waals surface area contributed by atoms with Crippen molar-refractivity contribution >= 4 is 16.9 Å². The number of hydrogen-bond acceptors (Lipinski definition) is 4. The van der Waals surface area contributed by atoms with E-state index in [0.717, 1.165) is 0 Å². The number of aromatic nitrogens is 2. The Morgan fingerprint density at radius 1 is 1.31 bits per heavy atom. The van der Waals surface area contributed by atoms with Gasteiger partial charge < -0.3 is 15.0 Å². The molecule has 0 aliphatic heterocycles. The van der Waals surface area contributed by atoms with Crippen LogP contribution in [-0.4, -0.2) is 47.3 Å². The fourth-order valence-electron chi connectivity index (χ4n) is 3.14. The van der Waals surface area contributed by atoms with E-state index in [2.05, 4.69) is 5.32 Å². The van der Waals surface area contributed by atoms with Crippen molar-refractivity contribution in [2.45, 2.75) is 39.8 Å². The summed E-state index contributed by atoms with van der Waals surface area (Å²) < 4.78 is 6.81. The summed E-state index contributed by atoms with van der Waals surface area (Å²) in [6.07, 6.45) is 0.655.